The van der Waals surface area contributed by atoms with E-state index in [0.29, 0.717) is 12.5 Å². The number of esters is 1. The number of ether oxygens (including phenoxy) is 1. The molecule has 0 radical (unpaired) electrons. The summed E-state index contributed by atoms with van der Waals surface area (Å²) in [5.74, 6) is 0.286. The molecule has 0 bridgehead atoms. The Morgan fingerprint density at radius 2 is 2.36 bits per heavy atom. The van der Waals surface area contributed by atoms with Crippen LogP contribution in [0.2, 0.25) is 0 Å². The Morgan fingerprint density at radius 3 is 2.86 bits per heavy atom. The van der Waals surface area contributed by atoms with Gasteiger partial charge in [0.2, 0.25) is 0 Å². The van der Waals surface area contributed by atoms with E-state index in [0.717, 1.165) is 23.4 Å². The maximum atomic E-state index is 11.0. The molecule has 1 rings (SSSR count). The SMILES string of the molecule is CCOC(=O)C=CC1=C(Cl)CC(C)C1. The summed E-state index contributed by atoms with van der Waals surface area (Å²) in [4.78, 5) is 11.0. The molecule has 1 atom stereocenters. The summed E-state index contributed by atoms with van der Waals surface area (Å²) in [6.45, 7) is 4.34. The Labute approximate surface area is 89.6 Å². The fourth-order valence-corrected chi connectivity index (χ4v) is 1.92. The first-order valence-electron chi connectivity index (χ1n) is 4.85. The van der Waals surface area contributed by atoms with Gasteiger partial charge in [0.05, 0.1) is 6.61 Å². The van der Waals surface area contributed by atoms with E-state index >= 15 is 0 Å². The van der Waals surface area contributed by atoms with Crippen molar-refractivity contribution in [3.05, 3.63) is 22.8 Å². The van der Waals surface area contributed by atoms with Gasteiger partial charge in [0.15, 0.2) is 0 Å². The van der Waals surface area contributed by atoms with Crippen molar-refractivity contribution in [3.8, 4) is 0 Å². The van der Waals surface area contributed by atoms with Crippen molar-refractivity contribution in [2.45, 2.75) is 26.7 Å². The van der Waals surface area contributed by atoms with Crippen molar-refractivity contribution >= 4 is 17.6 Å². The van der Waals surface area contributed by atoms with E-state index in [1.165, 1.54) is 6.08 Å². The number of halogens is 1. The highest BCUT2D eigenvalue weighted by Gasteiger charge is 2.17. The van der Waals surface area contributed by atoms with E-state index < -0.39 is 0 Å². The molecule has 78 valence electrons. The molecule has 0 amide bonds. The number of hydrogen-bond donors (Lipinski definition) is 0. The Hall–Kier alpha value is -0.760. The zero-order valence-electron chi connectivity index (χ0n) is 8.55. The molecule has 1 aliphatic carbocycles. The predicted octanol–water partition coefficient (Wildman–Crippen LogP) is 3.03. The Morgan fingerprint density at radius 1 is 1.64 bits per heavy atom. The summed E-state index contributed by atoms with van der Waals surface area (Å²) >= 11 is 6.01. The maximum Gasteiger partial charge on any atom is 0.330 e. The Kier molecular flexibility index (Phi) is 4.21. The van der Waals surface area contributed by atoms with Crippen LogP contribution in [0, 0.1) is 5.92 Å². The average Bonchev–Trinajstić information content (AvgIpc) is 2.42. The van der Waals surface area contributed by atoms with E-state index in [4.69, 9.17) is 16.3 Å². The van der Waals surface area contributed by atoms with Gasteiger partial charge in [0, 0.05) is 11.1 Å². The van der Waals surface area contributed by atoms with Crippen molar-refractivity contribution in [2.75, 3.05) is 6.61 Å². The molecule has 0 aromatic carbocycles. The molecule has 0 spiro atoms. The monoisotopic (exact) mass is 214 g/mol. The third-order valence-electron chi connectivity index (χ3n) is 2.15. The fourth-order valence-electron chi connectivity index (χ4n) is 1.51. The molecule has 0 aromatic heterocycles. The molecule has 0 aromatic rings. The van der Waals surface area contributed by atoms with Crippen LogP contribution < -0.4 is 0 Å². The summed E-state index contributed by atoms with van der Waals surface area (Å²) in [5.41, 5.74) is 1.06. The van der Waals surface area contributed by atoms with Crippen LogP contribution in [-0.4, -0.2) is 12.6 Å². The van der Waals surface area contributed by atoms with Crippen LogP contribution in [0.5, 0.6) is 0 Å². The Balaban J connectivity index is 2.52. The third-order valence-corrected chi connectivity index (χ3v) is 2.55. The van der Waals surface area contributed by atoms with Crippen LogP contribution in [0.1, 0.15) is 26.7 Å². The summed E-state index contributed by atoms with van der Waals surface area (Å²) in [6, 6.07) is 0. The number of rotatable bonds is 3. The average molecular weight is 215 g/mol. The molecule has 0 saturated carbocycles. The van der Waals surface area contributed by atoms with Crippen molar-refractivity contribution in [3.63, 3.8) is 0 Å². The van der Waals surface area contributed by atoms with Gasteiger partial charge >= 0.3 is 5.97 Å². The lowest BCUT2D eigenvalue weighted by Crippen LogP contribution is -1.99. The Bertz CT molecular complexity index is 279. The summed E-state index contributed by atoms with van der Waals surface area (Å²) in [6.07, 6.45) is 5.09. The molecular weight excluding hydrogens is 200 g/mol. The van der Waals surface area contributed by atoms with Gasteiger partial charge in [-0.1, -0.05) is 24.6 Å². The molecule has 14 heavy (non-hydrogen) atoms. The standard InChI is InChI=1S/C11H15ClO2/c1-3-14-11(13)5-4-9-6-8(2)7-10(9)12/h4-5,8H,3,6-7H2,1-2H3. The van der Waals surface area contributed by atoms with Crippen LogP contribution in [0.3, 0.4) is 0 Å². The number of carbonyl (C=O) groups is 1. The molecule has 0 saturated heterocycles. The van der Waals surface area contributed by atoms with E-state index in [-0.39, 0.29) is 5.97 Å². The van der Waals surface area contributed by atoms with E-state index in [9.17, 15) is 4.79 Å². The van der Waals surface area contributed by atoms with Crippen molar-refractivity contribution in [2.24, 2.45) is 5.92 Å². The molecule has 3 heteroatoms. The minimum Gasteiger partial charge on any atom is -0.463 e. The van der Waals surface area contributed by atoms with Gasteiger partial charge in [0.1, 0.15) is 0 Å². The largest absolute Gasteiger partial charge is 0.463 e. The highest BCUT2D eigenvalue weighted by atomic mass is 35.5. The van der Waals surface area contributed by atoms with Crippen LogP contribution in [0.15, 0.2) is 22.8 Å². The highest BCUT2D eigenvalue weighted by molar-refractivity contribution is 6.30. The van der Waals surface area contributed by atoms with Crippen LogP contribution in [-0.2, 0) is 9.53 Å². The van der Waals surface area contributed by atoms with Crippen molar-refractivity contribution < 1.29 is 9.53 Å². The van der Waals surface area contributed by atoms with Gasteiger partial charge in [-0.05, 0) is 31.3 Å². The second-order valence-corrected chi connectivity index (χ2v) is 3.99. The van der Waals surface area contributed by atoms with E-state index in [1.54, 1.807) is 13.0 Å². The fraction of sp³-hybridized carbons (Fsp3) is 0.545. The second-order valence-electron chi connectivity index (χ2n) is 3.53. The first-order valence-corrected chi connectivity index (χ1v) is 5.23. The number of carbonyl (C=O) groups excluding carboxylic acids is 1. The second kappa shape index (κ2) is 5.20. The van der Waals surface area contributed by atoms with E-state index in [1.807, 2.05) is 0 Å². The lowest BCUT2D eigenvalue weighted by molar-refractivity contribution is -0.137. The molecule has 0 fully saturated rings. The quantitative estimate of drug-likeness (QED) is 0.533. The van der Waals surface area contributed by atoms with Gasteiger partial charge < -0.3 is 4.74 Å². The number of hydrogen-bond acceptors (Lipinski definition) is 2. The summed E-state index contributed by atoms with van der Waals surface area (Å²) < 4.78 is 4.77. The van der Waals surface area contributed by atoms with Gasteiger partial charge in [-0.3, -0.25) is 0 Å². The molecule has 1 aliphatic rings. The smallest absolute Gasteiger partial charge is 0.330 e. The molecular formula is C11H15ClO2. The molecule has 0 N–H and O–H groups in total. The van der Waals surface area contributed by atoms with Crippen LogP contribution in [0.4, 0.5) is 0 Å². The minimum absolute atomic E-state index is 0.302. The van der Waals surface area contributed by atoms with Crippen LogP contribution in [0.25, 0.3) is 0 Å². The molecule has 0 heterocycles. The first kappa shape index (κ1) is 11.3. The van der Waals surface area contributed by atoms with Crippen LogP contribution >= 0.6 is 11.6 Å². The van der Waals surface area contributed by atoms with Gasteiger partial charge in [-0.25, -0.2) is 4.79 Å². The molecule has 2 nitrogen and oxygen atoms in total. The highest BCUT2D eigenvalue weighted by Crippen LogP contribution is 2.34. The number of allylic oxidation sites excluding steroid dienone is 3. The normalized spacial score (nSPS) is 22.1. The minimum atomic E-state index is -0.302. The topological polar surface area (TPSA) is 26.3 Å². The summed E-state index contributed by atoms with van der Waals surface area (Å²) in [7, 11) is 0. The first-order chi connectivity index (χ1) is 6.63. The lowest BCUT2D eigenvalue weighted by Gasteiger charge is -1.97. The van der Waals surface area contributed by atoms with Gasteiger partial charge in [-0.15, -0.1) is 0 Å². The lowest BCUT2D eigenvalue weighted by atomic mass is 10.1. The molecule has 0 aliphatic heterocycles. The van der Waals surface area contributed by atoms with Crippen molar-refractivity contribution in [1.29, 1.82) is 0 Å². The van der Waals surface area contributed by atoms with E-state index in [2.05, 4.69) is 6.92 Å². The zero-order chi connectivity index (χ0) is 10.6. The van der Waals surface area contributed by atoms with Gasteiger partial charge in [-0.2, -0.15) is 0 Å². The third kappa shape index (κ3) is 3.18. The zero-order valence-corrected chi connectivity index (χ0v) is 9.30. The summed E-state index contributed by atoms with van der Waals surface area (Å²) in [5, 5.41) is 0.873. The van der Waals surface area contributed by atoms with Crippen molar-refractivity contribution in [1.82, 2.24) is 0 Å². The van der Waals surface area contributed by atoms with Gasteiger partial charge in [0.25, 0.3) is 0 Å². The maximum absolute atomic E-state index is 11.0. The predicted molar refractivity (Wildman–Crippen MR) is 57.1 cm³/mol. The molecule has 1 unspecified atom stereocenters.